The number of amides is 3. The molecular formula is C17H24N2O5S. The van der Waals surface area contributed by atoms with Gasteiger partial charge in [-0.3, -0.25) is 19.3 Å². The Morgan fingerprint density at radius 1 is 1.08 bits per heavy atom. The molecule has 3 amide bonds. The Kier molecular flexibility index (Phi) is 6.44. The maximum absolute atomic E-state index is 12.2. The van der Waals surface area contributed by atoms with Crippen LogP contribution < -0.4 is 5.48 Å². The number of nitrogens with one attached hydrogen (secondary N) is 1. The molecule has 1 aliphatic rings. The van der Waals surface area contributed by atoms with Gasteiger partial charge in [-0.05, 0) is 37.3 Å². The molecule has 0 atom stereocenters. The maximum Gasteiger partial charge on any atom is 0.431 e. The van der Waals surface area contributed by atoms with E-state index in [9.17, 15) is 14.4 Å². The summed E-state index contributed by atoms with van der Waals surface area (Å²) in [6, 6.07) is 6.74. The zero-order valence-electron chi connectivity index (χ0n) is 14.7. The Labute approximate surface area is 148 Å². The predicted molar refractivity (Wildman–Crippen MR) is 97.1 cm³/mol. The number of rotatable bonds is 8. The molecule has 1 aromatic carbocycles. The number of carbonyl (C=O) groups excluding carboxylic acids is 3. The van der Waals surface area contributed by atoms with Crippen molar-refractivity contribution in [2.24, 2.45) is 0 Å². The fourth-order valence-corrected chi connectivity index (χ4v) is 2.84. The molecule has 0 saturated carbocycles. The van der Waals surface area contributed by atoms with E-state index in [0.717, 1.165) is 5.75 Å². The standard InChI is InChI=1S/C17H24N2O5S/c1-25(2,3)12-11-23-17(22)18-24-10-6-9-19-15(20)13-7-4-5-8-14(13)16(19)21/h4-5,7-8H,6,9-12H2,1-3H3,(H,18,22). The lowest BCUT2D eigenvalue weighted by atomic mass is 10.1. The number of imide groups is 1. The molecule has 0 aliphatic carbocycles. The van der Waals surface area contributed by atoms with E-state index in [2.05, 4.69) is 24.2 Å². The lowest BCUT2D eigenvalue weighted by molar-refractivity contribution is 0.0252. The lowest BCUT2D eigenvalue weighted by Gasteiger charge is -2.24. The van der Waals surface area contributed by atoms with E-state index in [1.165, 1.54) is 4.90 Å². The Bertz CT molecular complexity index is 622. The zero-order valence-corrected chi connectivity index (χ0v) is 15.6. The molecule has 7 nitrogen and oxygen atoms in total. The largest absolute Gasteiger partial charge is 0.447 e. The Balaban J connectivity index is 1.63. The van der Waals surface area contributed by atoms with Gasteiger partial charge in [0.1, 0.15) is 6.61 Å². The summed E-state index contributed by atoms with van der Waals surface area (Å²) in [5.41, 5.74) is 3.05. The number of ether oxygens (including phenoxy) is 1. The van der Waals surface area contributed by atoms with Gasteiger partial charge in [-0.15, -0.1) is 0 Å². The maximum atomic E-state index is 12.2. The van der Waals surface area contributed by atoms with E-state index in [0.29, 0.717) is 24.2 Å². The third kappa shape index (κ3) is 5.47. The molecule has 8 heteroatoms. The minimum absolute atomic E-state index is 0.174. The molecule has 0 unspecified atom stereocenters. The Morgan fingerprint density at radius 3 is 2.24 bits per heavy atom. The molecule has 2 rings (SSSR count). The highest BCUT2D eigenvalue weighted by Crippen LogP contribution is 2.33. The van der Waals surface area contributed by atoms with Gasteiger partial charge in [0.05, 0.1) is 17.7 Å². The molecule has 0 aromatic heterocycles. The number of hydrogen-bond acceptors (Lipinski definition) is 5. The van der Waals surface area contributed by atoms with E-state index >= 15 is 0 Å². The minimum atomic E-state index is -0.707. The van der Waals surface area contributed by atoms with Gasteiger partial charge in [0.15, 0.2) is 0 Å². The van der Waals surface area contributed by atoms with Gasteiger partial charge in [-0.2, -0.15) is 5.48 Å². The molecule has 0 bridgehead atoms. The molecule has 0 saturated heterocycles. The number of benzene rings is 1. The van der Waals surface area contributed by atoms with Crippen LogP contribution in [0.4, 0.5) is 4.79 Å². The van der Waals surface area contributed by atoms with Crippen LogP contribution in [0.25, 0.3) is 0 Å². The Hall–Kier alpha value is -2.06. The molecule has 1 aromatic rings. The average Bonchev–Trinajstić information content (AvgIpc) is 2.78. The third-order valence-corrected chi connectivity index (χ3v) is 4.98. The molecular weight excluding hydrogens is 344 g/mol. The van der Waals surface area contributed by atoms with Gasteiger partial charge in [0.2, 0.25) is 0 Å². The van der Waals surface area contributed by atoms with E-state index in [4.69, 9.17) is 9.57 Å². The Morgan fingerprint density at radius 2 is 1.68 bits per heavy atom. The molecule has 138 valence electrons. The second kappa shape index (κ2) is 8.35. The zero-order chi connectivity index (χ0) is 18.4. The van der Waals surface area contributed by atoms with Crippen molar-refractivity contribution in [1.29, 1.82) is 0 Å². The normalized spacial score (nSPS) is 14.4. The van der Waals surface area contributed by atoms with E-state index in [-0.39, 0.29) is 25.0 Å². The predicted octanol–water partition coefficient (Wildman–Crippen LogP) is 2.02. The van der Waals surface area contributed by atoms with E-state index in [1.54, 1.807) is 24.3 Å². The van der Waals surface area contributed by atoms with Crippen LogP contribution in [-0.2, 0) is 9.57 Å². The van der Waals surface area contributed by atoms with Crippen LogP contribution in [0.15, 0.2) is 24.3 Å². The second-order valence-corrected chi connectivity index (χ2v) is 11.1. The highest BCUT2D eigenvalue weighted by Gasteiger charge is 2.34. The first-order valence-electron chi connectivity index (χ1n) is 7.95. The van der Waals surface area contributed by atoms with E-state index in [1.807, 2.05) is 0 Å². The van der Waals surface area contributed by atoms with Crippen LogP contribution >= 0.6 is 10.0 Å². The summed E-state index contributed by atoms with van der Waals surface area (Å²) in [5, 5.41) is 0. The molecule has 1 N–H and O–H groups in total. The first-order chi connectivity index (χ1) is 11.8. The quantitative estimate of drug-likeness (QED) is 0.431. The van der Waals surface area contributed by atoms with Crippen LogP contribution in [0.1, 0.15) is 27.1 Å². The lowest BCUT2D eigenvalue weighted by Crippen LogP contribution is -2.32. The van der Waals surface area contributed by atoms with Gasteiger partial charge in [0, 0.05) is 12.3 Å². The van der Waals surface area contributed by atoms with Crippen molar-refractivity contribution in [3.63, 3.8) is 0 Å². The summed E-state index contributed by atoms with van der Waals surface area (Å²) in [6.45, 7) is 0.756. The minimum Gasteiger partial charge on any atom is -0.447 e. The van der Waals surface area contributed by atoms with Crippen LogP contribution in [-0.4, -0.2) is 67.1 Å². The van der Waals surface area contributed by atoms with Crippen LogP contribution in [0.5, 0.6) is 0 Å². The van der Waals surface area contributed by atoms with Gasteiger partial charge in [-0.1, -0.05) is 12.1 Å². The van der Waals surface area contributed by atoms with Gasteiger partial charge < -0.3 is 4.74 Å². The van der Waals surface area contributed by atoms with Gasteiger partial charge in [0.25, 0.3) is 11.8 Å². The summed E-state index contributed by atoms with van der Waals surface area (Å²) in [4.78, 5) is 42.0. The first-order valence-corrected chi connectivity index (χ1v) is 11.0. The molecule has 25 heavy (non-hydrogen) atoms. The monoisotopic (exact) mass is 368 g/mol. The van der Waals surface area contributed by atoms with Crippen molar-refractivity contribution in [2.75, 3.05) is 44.3 Å². The average molecular weight is 368 g/mol. The molecule has 0 radical (unpaired) electrons. The van der Waals surface area contributed by atoms with Gasteiger partial charge in [-0.25, -0.2) is 14.8 Å². The van der Waals surface area contributed by atoms with E-state index < -0.39 is 16.1 Å². The van der Waals surface area contributed by atoms with Crippen molar-refractivity contribution in [2.45, 2.75) is 6.42 Å². The fraction of sp³-hybridized carbons (Fsp3) is 0.471. The number of nitrogens with zero attached hydrogens (tertiary/aromatic N) is 1. The topological polar surface area (TPSA) is 84.9 Å². The summed E-state index contributed by atoms with van der Waals surface area (Å²) >= 11 is 0. The fourth-order valence-electron chi connectivity index (χ4n) is 2.26. The second-order valence-electron chi connectivity index (χ2n) is 6.54. The molecule has 1 heterocycles. The smallest absolute Gasteiger partial charge is 0.431 e. The number of carbonyl (C=O) groups is 3. The molecule has 1 aliphatic heterocycles. The number of hydrogen-bond donors (Lipinski definition) is 1. The highest BCUT2D eigenvalue weighted by atomic mass is 32.3. The van der Waals surface area contributed by atoms with Crippen molar-refractivity contribution in [1.82, 2.24) is 10.4 Å². The summed E-state index contributed by atoms with van der Waals surface area (Å²) < 4.78 is 5.00. The number of fused-ring (bicyclic) bond motifs is 1. The molecule has 0 fully saturated rings. The van der Waals surface area contributed by atoms with Crippen molar-refractivity contribution < 1.29 is 24.0 Å². The van der Waals surface area contributed by atoms with Crippen LogP contribution in [0, 0.1) is 0 Å². The first kappa shape index (κ1) is 19.3. The SMILES string of the molecule is CS(C)(C)CCOC(=O)NOCCCN1C(=O)c2ccccc2C1=O. The molecule has 0 spiro atoms. The number of hydroxylamine groups is 1. The van der Waals surface area contributed by atoms with Crippen molar-refractivity contribution in [3.8, 4) is 0 Å². The van der Waals surface area contributed by atoms with Crippen molar-refractivity contribution in [3.05, 3.63) is 35.4 Å². The van der Waals surface area contributed by atoms with Crippen LogP contribution in [0.2, 0.25) is 0 Å². The third-order valence-electron chi connectivity index (χ3n) is 3.59. The summed E-state index contributed by atoms with van der Waals surface area (Å²) in [7, 11) is -0.707. The summed E-state index contributed by atoms with van der Waals surface area (Å²) in [6.07, 6.45) is 6.21. The van der Waals surface area contributed by atoms with Crippen molar-refractivity contribution >= 4 is 27.9 Å². The van der Waals surface area contributed by atoms with Crippen LogP contribution in [0.3, 0.4) is 0 Å². The summed E-state index contributed by atoms with van der Waals surface area (Å²) in [5.74, 6) is 0.246. The highest BCUT2D eigenvalue weighted by molar-refractivity contribution is 8.32. The van der Waals surface area contributed by atoms with Gasteiger partial charge >= 0.3 is 6.09 Å².